The van der Waals surface area contributed by atoms with Gasteiger partial charge in [0.2, 0.25) is 5.91 Å². The lowest BCUT2D eigenvalue weighted by molar-refractivity contribution is -0.119. The van der Waals surface area contributed by atoms with Gasteiger partial charge in [0.05, 0.1) is 0 Å². The molecule has 1 aliphatic rings. The molecule has 0 bridgehead atoms. The van der Waals surface area contributed by atoms with E-state index in [1.807, 2.05) is 6.82 Å². The highest BCUT2D eigenvalue weighted by atomic mass is 16.2. The summed E-state index contributed by atoms with van der Waals surface area (Å²) in [5, 5.41) is 15.4. The van der Waals surface area contributed by atoms with E-state index < -0.39 is 0 Å². The van der Waals surface area contributed by atoms with Crippen LogP contribution in [0.5, 0.6) is 0 Å². The quantitative estimate of drug-likeness (QED) is 0.566. The molecule has 0 radical (unpaired) electrons. The van der Waals surface area contributed by atoms with Crippen LogP contribution in [0, 0.1) is 5.92 Å². The fraction of sp³-hybridized carbons (Fsp3) is 0.900. The molecule has 1 amide bonds. The van der Waals surface area contributed by atoms with E-state index in [4.69, 9.17) is 5.02 Å². The molecule has 0 aromatic heterocycles. The van der Waals surface area contributed by atoms with Crippen molar-refractivity contribution < 1.29 is 9.82 Å². The highest BCUT2D eigenvalue weighted by Crippen LogP contribution is 2.17. The Morgan fingerprint density at radius 3 is 2.93 bits per heavy atom. The van der Waals surface area contributed by atoms with Crippen molar-refractivity contribution in [3.05, 3.63) is 0 Å². The molecule has 1 rings (SSSR count). The molecule has 0 spiro atoms. The molecule has 2 atom stereocenters. The molecule has 2 unspecified atom stereocenters. The lowest BCUT2D eigenvalue weighted by Gasteiger charge is -2.19. The van der Waals surface area contributed by atoms with Crippen LogP contribution >= 0.6 is 0 Å². The van der Waals surface area contributed by atoms with Crippen molar-refractivity contribution in [3.8, 4) is 0 Å². The summed E-state index contributed by atoms with van der Waals surface area (Å²) in [5.41, 5.74) is 0. The second-order valence-corrected chi connectivity index (χ2v) is 4.51. The monoisotopic (exact) mass is 212 g/mol. The first-order valence-corrected chi connectivity index (χ1v) is 5.75. The van der Waals surface area contributed by atoms with Crippen molar-refractivity contribution in [1.29, 1.82) is 0 Å². The summed E-state index contributed by atoms with van der Waals surface area (Å²) in [7, 11) is 0. The average molecular weight is 212 g/mol. The summed E-state index contributed by atoms with van der Waals surface area (Å²) in [6, 6.07) is 0.275. The molecule has 0 aromatic rings. The van der Waals surface area contributed by atoms with E-state index in [-0.39, 0.29) is 18.9 Å². The first-order valence-electron chi connectivity index (χ1n) is 5.75. The van der Waals surface area contributed by atoms with Gasteiger partial charge in [-0.15, -0.1) is 0 Å². The maximum Gasteiger partial charge on any atom is 0.285 e. The van der Waals surface area contributed by atoms with Crippen LogP contribution < -0.4 is 10.6 Å². The minimum Gasteiger partial charge on any atom is -0.451 e. The fourth-order valence-corrected chi connectivity index (χ4v) is 2.14. The Morgan fingerprint density at radius 1 is 1.60 bits per heavy atom. The summed E-state index contributed by atoms with van der Waals surface area (Å²) in [6.07, 6.45) is 2.95. The predicted octanol–water partition coefficient (Wildman–Crippen LogP) is 0.104. The Bertz CT molecular complexity index is 212. The smallest absolute Gasteiger partial charge is 0.285 e. The molecule has 1 aliphatic heterocycles. The topological polar surface area (TPSA) is 61.4 Å². The average Bonchev–Trinajstić information content (AvgIpc) is 2.51. The second kappa shape index (κ2) is 6.13. The van der Waals surface area contributed by atoms with Crippen LogP contribution in [-0.2, 0) is 4.79 Å². The van der Waals surface area contributed by atoms with Gasteiger partial charge in [-0.05, 0) is 18.7 Å². The van der Waals surface area contributed by atoms with Gasteiger partial charge in [-0.1, -0.05) is 13.2 Å². The molecule has 1 heterocycles. The van der Waals surface area contributed by atoms with Crippen LogP contribution in [0.1, 0.15) is 19.8 Å². The first-order chi connectivity index (χ1) is 7.09. The van der Waals surface area contributed by atoms with E-state index in [2.05, 4.69) is 10.6 Å². The standard InChI is InChI=1S/C10H21BN2O2/c1-8(14)13-10-7-12-6-9(10)4-3-5-11(2)15/h9-10,12,15H,3-7H2,1-2H3,(H,13,14). The van der Waals surface area contributed by atoms with Crippen molar-refractivity contribution >= 4 is 12.8 Å². The van der Waals surface area contributed by atoms with E-state index in [9.17, 15) is 4.79 Å². The van der Waals surface area contributed by atoms with E-state index in [1.165, 1.54) is 0 Å². The third kappa shape index (κ3) is 4.66. The minimum atomic E-state index is -0.210. The Hall–Kier alpha value is -0.545. The van der Waals surface area contributed by atoms with Crippen molar-refractivity contribution in [1.82, 2.24) is 10.6 Å². The summed E-state index contributed by atoms with van der Waals surface area (Å²) in [5.74, 6) is 0.567. The minimum absolute atomic E-state index is 0.0456. The summed E-state index contributed by atoms with van der Waals surface area (Å²) < 4.78 is 0. The number of hydrogen-bond donors (Lipinski definition) is 3. The van der Waals surface area contributed by atoms with Crippen LogP contribution in [0.25, 0.3) is 0 Å². The zero-order chi connectivity index (χ0) is 11.3. The zero-order valence-electron chi connectivity index (χ0n) is 9.62. The van der Waals surface area contributed by atoms with Gasteiger partial charge in [0, 0.05) is 26.1 Å². The summed E-state index contributed by atoms with van der Waals surface area (Å²) >= 11 is 0. The molecule has 0 aliphatic carbocycles. The SMILES string of the molecule is CB(O)CCCC1CNCC1NC(C)=O. The van der Waals surface area contributed by atoms with E-state index in [0.29, 0.717) is 5.92 Å². The molecule has 15 heavy (non-hydrogen) atoms. The van der Waals surface area contributed by atoms with Crippen molar-refractivity contribution in [2.45, 2.75) is 39.0 Å². The van der Waals surface area contributed by atoms with E-state index in [0.717, 1.165) is 32.3 Å². The second-order valence-electron chi connectivity index (χ2n) is 4.51. The number of carbonyl (C=O) groups excluding carboxylic acids is 1. The molecular weight excluding hydrogens is 191 g/mol. The van der Waals surface area contributed by atoms with E-state index in [1.54, 1.807) is 6.92 Å². The third-order valence-corrected chi connectivity index (χ3v) is 2.93. The molecule has 0 aromatic carbocycles. The number of nitrogens with one attached hydrogen (secondary N) is 2. The van der Waals surface area contributed by atoms with Gasteiger partial charge in [0.1, 0.15) is 0 Å². The number of amides is 1. The van der Waals surface area contributed by atoms with Gasteiger partial charge in [-0.2, -0.15) is 0 Å². The molecule has 86 valence electrons. The molecule has 1 saturated heterocycles. The Kier molecular flexibility index (Phi) is 5.12. The van der Waals surface area contributed by atoms with Crippen molar-refractivity contribution in [2.24, 2.45) is 5.92 Å². The highest BCUT2D eigenvalue weighted by molar-refractivity contribution is 6.48. The lowest BCUT2D eigenvalue weighted by Crippen LogP contribution is -2.39. The third-order valence-electron chi connectivity index (χ3n) is 2.93. The maximum atomic E-state index is 10.9. The molecule has 0 saturated carbocycles. The zero-order valence-corrected chi connectivity index (χ0v) is 9.62. The largest absolute Gasteiger partial charge is 0.451 e. The van der Waals surface area contributed by atoms with Gasteiger partial charge in [-0.25, -0.2) is 0 Å². The lowest BCUT2D eigenvalue weighted by atomic mass is 9.66. The van der Waals surface area contributed by atoms with Crippen LogP contribution in [0.15, 0.2) is 0 Å². The molecule has 4 nitrogen and oxygen atoms in total. The van der Waals surface area contributed by atoms with Gasteiger partial charge < -0.3 is 15.7 Å². The first kappa shape index (κ1) is 12.5. The van der Waals surface area contributed by atoms with Crippen molar-refractivity contribution in [2.75, 3.05) is 13.1 Å². The Balaban J connectivity index is 2.24. The van der Waals surface area contributed by atoms with Gasteiger partial charge >= 0.3 is 0 Å². The van der Waals surface area contributed by atoms with Gasteiger partial charge in [0.15, 0.2) is 0 Å². The molecular formula is C10H21BN2O2. The molecule has 3 N–H and O–H groups in total. The Labute approximate surface area is 91.9 Å². The highest BCUT2D eigenvalue weighted by Gasteiger charge is 2.27. The Morgan fingerprint density at radius 2 is 2.33 bits per heavy atom. The molecule has 1 fully saturated rings. The van der Waals surface area contributed by atoms with Crippen LogP contribution in [0.3, 0.4) is 0 Å². The number of rotatable bonds is 5. The van der Waals surface area contributed by atoms with Crippen LogP contribution in [0.2, 0.25) is 13.1 Å². The predicted molar refractivity (Wildman–Crippen MR) is 61.8 cm³/mol. The van der Waals surface area contributed by atoms with Crippen molar-refractivity contribution in [3.63, 3.8) is 0 Å². The fourth-order valence-electron chi connectivity index (χ4n) is 2.14. The van der Waals surface area contributed by atoms with Gasteiger partial charge in [-0.3, -0.25) is 4.79 Å². The van der Waals surface area contributed by atoms with Gasteiger partial charge in [0.25, 0.3) is 6.92 Å². The maximum absolute atomic E-state index is 10.9. The molecule has 5 heteroatoms. The number of carbonyl (C=O) groups is 1. The van der Waals surface area contributed by atoms with E-state index >= 15 is 0 Å². The normalized spacial score (nSPS) is 25.3. The number of hydrogen-bond acceptors (Lipinski definition) is 3. The van der Waals surface area contributed by atoms with Crippen LogP contribution in [-0.4, -0.2) is 37.0 Å². The summed E-state index contributed by atoms with van der Waals surface area (Å²) in [6.45, 7) is 5.02. The van der Waals surface area contributed by atoms with Crippen LogP contribution in [0.4, 0.5) is 0 Å². The summed E-state index contributed by atoms with van der Waals surface area (Å²) in [4.78, 5) is 10.9.